The van der Waals surface area contributed by atoms with Crippen LogP contribution in [0, 0.1) is 0 Å². The lowest BCUT2D eigenvalue weighted by molar-refractivity contribution is 0.113. The quantitative estimate of drug-likeness (QED) is 0.615. The van der Waals surface area contributed by atoms with Crippen LogP contribution in [0.4, 0.5) is 5.82 Å². The van der Waals surface area contributed by atoms with Gasteiger partial charge in [-0.15, -0.1) is 0 Å². The lowest BCUT2D eigenvalue weighted by Gasteiger charge is -2.17. The number of anilines is 1. The fourth-order valence-electron chi connectivity index (χ4n) is 2.71. The highest BCUT2D eigenvalue weighted by molar-refractivity contribution is 5.80. The molecule has 6 nitrogen and oxygen atoms in total. The Bertz CT molecular complexity index is 536. The molecule has 1 atom stereocenters. The Labute approximate surface area is 138 Å². The number of nitrogens with one attached hydrogen (secondary N) is 2. The van der Waals surface area contributed by atoms with Gasteiger partial charge in [-0.1, -0.05) is 6.07 Å². The van der Waals surface area contributed by atoms with Gasteiger partial charge in [0.15, 0.2) is 5.96 Å². The van der Waals surface area contributed by atoms with Crippen molar-refractivity contribution in [3.05, 3.63) is 23.9 Å². The van der Waals surface area contributed by atoms with E-state index < -0.39 is 0 Å². The van der Waals surface area contributed by atoms with Gasteiger partial charge in [0.2, 0.25) is 0 Å². The molecule has 1 saturated heterocycles. The van der Waals surface area contributed by atoms with Crippen molar-refractivity contribution in [1.82, 2.24) is 15.6 Å². The molecule has 3 rings (SSSR count). The molecule has 1 saturated carbocycles. The topological polar surface area (TPSA) is 61.8 Å². The Kier molecular flexibility index (Phi) is 5.33. The van der Waals surface area contributed by atoms with Gasteiger partial charge in [0.05, 0.1) is 12.6 Å². The lowest BCUT2D eigenvalue weighted by Crippen LogP contribution is -2.42. The van der Waals surface area contributed by atoms with Crippen LogP contribution >= 0.6 is 0 Å². The molecule has 126 valence electrons. The van der Waals surface area contributed by atoms with E-state index in [0.717, 1.165) is 43.3 Å². The van der Waals surface area contributed by atoms with Crippen LogP contribution < -0.4 is 15.5 Å². The van der Waals surface area contributed by atoms with Crippen LogP contribution in [0.3, 0.4) is 0 Å². The number of aliphatic imine (C=N–C) groups is 1. The summed E-state index contributed by atoms with van der Waals surface area (Å²) < 4.78 is 5.68. The average molecular weight is 317 g/mol. The summed E-state index contributed by atoms with van der Waals surface area (Å²) in [4.78, 5) is 11.2. The van der Waals surface area contributed by atoms with Crippen LogP contribution in [0.15, 0.2) is 23.3 Å². The van der Waals surface area contributed by atoms with Crippen molar-refractivity contribution in [2.75, 3.05) is 32.1 Å². The molecule has 0 radical (unpaired) electrons. The third-order valence-corrected chi connectivity index (χ3v) is 4.14. The fourth-order valence-corrected chi connectivity index (χ4v) is 2.71. The van der Waals surface area contributed by atoms with Gasteiger partial charge < -0.3 is 20.3 Å². The minimum atomic E-state index is 0.317. The molecule has 1 unspecified atom stereocenters. The number of nitrogens with zero attached hydrogens (tertiary/aromatic N) is 3. The van der Waals surface area contributed by atoms with Gasteiger partial charge in [-0.2, -0.15) is 0 Å². The number of rotatable bonds is 6. The van der Waals surface area contributed by atoms with E-state index in [1.165, 1.54) is 12.8 Å². The van der Waals surface area contributed by atoms with Crippen molar-refractivity contribution in [2.45, 2.75) is 44.4 Å². The summed E-state index contributed by atoms with van der Waals surface area (Å²) in [6.07, 6.45) is 6.90. The second-order valence-corrected chi connectivity index (χ2v) is 6.48. The molecule has 1 aliphatic carbocycles. The molecular weight excluding hydrogens is 290 g/mol. The molecule has 2 aliphatic rings. The third-order valence-electron chi connectivity index (χ3n) is 4.14. The second kappa shape index (κ2) is 7.64. The molecule has 6 heteroatoms. The van der Waals surface area contributed by atoms with Crippen LogP contribution in [0.2, 0.25) is 0 Å². The Morgan fingerprint density at radius 2 is 2.26 bits per heavy atom. The molecule has 1 aromatic rings. The second-order valence-electron chi connectivity index (χ2n) is 6.48. The SMILES string of the molecule is CN(C)c1ncccc1CN=C(NCC1CCCO1)NC1CC1. The zero-order valence-corrected chi connectivity index (χ0v) is 14.1. The van der Waals surface area contributed by atoms with E-state index in [1.54, 1.807) is 0 Å². The summed E-state index contributed by atoms with van der Waals surface area (Å²) >= 11 is 0. The zero-order chi connectivity index (χ0) is 16.1. The summed E-state index contributed by atoms with van der Waals surface area (Å²) in [7, 11) is 4.02. The fraction of sp³-hybridized carbons (Fsp3) is 0.647. The van der Waals surface area contributed by atoms with Gasteiger partial charge in [0.1, 0.15) is 5.82 Å². The van der Waals surface area contributed by atoms with Crippen LogP contribution in [0.5, 0.6) is 0 Å². The van der Waals surface area contributed by atoms with E-state index >= 15 is 0 Å². The van der Waals surface area contributed by atoms with E-state index in [9.17, 15) is 0 Å². The molecule has 2 heterocycles. The summed E-state index contributed by atoms with van der Waals surface area (Å²) in [5.41, 5.74) is 1.13. The highest BCUT2D eigenvalue weighted by Gasteiger charge is 2.23. The predicted octanol–water partition coefficient (Wildman–Crippen LogP) is 1.52. The highest BCUT2D eigenvalue weighted by atomic mass is 16.5. The average Bonchev–Trinajstić information content (AvgIpc) is 3.21. The Morgan fingerprint density at radius 1 is 1.39 bits per heavy atom. The van der Waals surface area contributed by atoms with Crippen molar-refractivity contribution >= 4 is 11.8 Å². The number of pyridine rings is 1. The lowest BCUT2D eigenvalue weighted by atomic mass is 10.2. The molecule has 1 aliphatic heterocycles. The van der Waals surface area contributed by atoms with Crippen LogP contribution in [-0.4, -0.2) is 50.3 Å². The number of hydrogen-bond donors (Lipinski definition) is 2. The van der Waals surface area contributed by atoms with Crippen molar-refractivity contribution in [3.8, 4) is 0 Å². The monoisotopic (exact) mass is 317 g/mol. The molecule has 23 heavy (non-hydrogen) atoms. The van der Waals surface area contributed by atoms with Crippen molar-refractivity contribution in [1.29, 1.82) is 0 Å². The zero-order valence-electron chi connectivity index (χ0n) is 14.1. The van der Waals surface area contributed by atoms with Crippen LogP contribution in [-0.2, 0) is 11.3 Å². The molecule has 2 N–H and O–H groups in total. The van der Waals surface area contributed by atoms with Gasteiger partial charge in [-0.05, 0) is 31.7 Å². The van der Waals surface area contributed by atoms with Gasteiger partial charge >= 0.3 is 0 Å². The molecule has 0 amide bonds. The Hall–Kier alpha value is -1.82. The first-order valence-corrected chi connectivity index (χ1v) is 8.50. The number of aromatic nitrogens is 1. The minimum absolute atomic E-state index is 0.317. The number of guanidine groups is 1. The first-order valence-electron chi connectivity index (χ1n) is 8.50. The molecule has 0 spiro atoms. The van der Waals surface area contributed by atoms with Crippen LogP contribution in [0.1, 0.15) is 31.2 Å². The van der Waals surface area contributed by atoms with Crippen molar-refractivity contribution < 1.29 is 4.74 Å². The molecule has 0 aromatic carbocycles. The summed E-state index contributed by atoms with van der Waals surface area (Å²) in [5, 5.41) is 6.91. The molecule has 2 fully saturated rings. The first-order chi connectivity index (χ1) is 11.2. The third kappa shape index (κ3) is 4.82. The first kappa shape index (κ1) is 16.1. The van der Waals surface area contributed by atoms with Gasteiger partial charge in [0, 0.05) is 45.0 Å². The van der Waals surface area contributed by atoms with Crippen molar-refractivity contribution in [2.24, 2.45) is 4.99 Å². The molecule has 1 aromatic heterocycles. The smallest absolute Gasteiger partial charge is 0.191 e. The summed E-state index contributed by atoms with van der Waals surface area (Å²) in [5.74, 6) is 1.86. The van der Waals surface area contributed by atoms with Gasteiger partial charge in [0.25, 0.3) is 0 Å². The van der Waals surface area contributed by atoms with E-state index in [-0.39, 0.29) is 0 Å². The standard InChI is InChI=1S/C17H27N5O/c1-22(2)16-13(5-3-9-18-16)11-19-17(21-14-7-8-14)20-12-15-6-4-10-23-15/h3,5,9,14-15H,4,6-8,10-12H2,1-2H3,(H2,19,20,21). The van der Waals surface area contributed by atoms with E-state index in [1.807, 2.05) is 31.3 Å². The van der Waals surface area contributed by atoms with E-state index in [2.05, 4.69) is 21.7 Å². The predicted molar refractivity (Wildman–Crippen MR) is 92.8 cm³/mol. The highest BCUT2D eigenvalue weighted by Crippen LogP contribution is 2.19. The minimum Gasteiger partial charge on any atom is -0.376 e. The maximum atomic E-state index is 5.68. The number of ether oxygens (including phenoxy) is 1. The van der Waals surface area contributed by atoms with Gasteiger partial charge in [-0.3, -0.25) is 0 Å². The molecular formula is C17H27N5O. The summed E-state index contributed by atoms with van der Waals surface area (Å²) in [6, 6.07) is 4.62. The molecule has 0 bridgehead atoms. The van der Waals surface area contributed by atoms with E-state index in [4.69, 9.17) is 9.73 Å². The normalized spacial score (nSPS) is 21.3. The Morgan fingerprint density at radius 3 is 2.96 bits per heavy atom. The van der Waals surface area contributed by atoms with Gasteiger partial charge in [-0.25, -0.2) is 9.98 Å². The summed E-state index contributed by atoms with van der Waals surface area (Å²) in [6.45, 7) is 2.33. The Balaban J connectivity index is 1.62. The largest absolute Gasteiger partial charge is 0.376 e. The maximum Gasteiger partial charge on any atom is 0.191 e. The number of hydrogen-bond acceptors (Lipinski definition) is 4. The van der Waals surface area contributed by atoms with Crippen LogP contribution in [0.25, 0.3) is 0 Å². The van der Waals surface area contributed by atoms with Crippen molar-refractivity contribution in [3.63, 3.8) is 0 Å². The maximum absolute atomic E-state index is 5.68. The van der Waals surface area contributed by atoms with E-state index in [0.29, 0.717) is 18.7 Å².